The summed E-state index contributed by atoms with van der Waals surface area (Å²) >= 11 is 0. The van der Waals surface area contributed by atoms with Gasteiger partial charge in [0, 0.05) is 13.1 Å². The van der Waals surface area contributed by atoms with Gasteiger partial charge in [0.2, 0.25) is 0 Å². The van der Waals surface area contributed by atoms with Crippen molar-refractivity contribution in [2.75, 3.05) is 33.3 Å². The van der Waals surface area contributed by atoms with Gasteiger partial charge in [0.25, 0.3) is 0 Å². The van der Waals surface area contributed by atoms with E-state index in [0.29, 0.717) is 5.75 Å². The number of benzene rings is 1. The Hall–Kier alpha value is -1.13. The minimum absolute atomic E-state index is 0.275. The van der Waals surface area contributed by atoms with E-state index < -0.39 is 0 Å². The molecule has 1 aromatic carbocycles. The second kappa shape index (κ2) is 7.60. The molecule has 0 radical (unpaired) electrons. The maximum Gasteiger partial charge on any atom is 0.165 e. The van der Waals surface area contributed by atoms with Crippen molar-refractivity contribution in [3.63, 3.8) is 0 Å². The molecule has 1 aromatic rings. The van der Waals surface area contributed by atoms with Crippen LogP contribution in [0.4, 0.5) is 4.39 Å². The monoisotopic (exact) mass is 280 g/mol. The van der Waals surface area contributed by atoms with Crippen LogP contribution in [0.15, 0.2) is 18.2 Å². The number of hydrogen-bond acceptors (Lipinski definition) is 3. The predicted molar refractivity (Wildman–Crippen MR) is 79.5 cm³/mol. The first-order chi connectivity index (χ1) is 9.72. The SMILES string of the molecule is CCN(Cc1ccc(OC)c(F)c1)CC1CCNCC1. The van der Waals surface area contributed by atoms with Crippen LogP contribution in [-0.4, -0.2) is 38.2 Å². The summed E-state index contributed by atoms with van der Waals surface area (Å²) in [7, 11) is 1.49. The highest BCUT2D eigenvalue weighted by Crippen LogP contribution is 2.20. The Bertz CT molecular complexity index is 419. The van der Waals surface area contributed by atoms with E-state index in [2.05, 4.69) is 17.1 Å². The van der Waals surface area contributed by atoms with Crippen LogP contribution in [0, 0.1) is 11.7 Å². The van der Waals surface area contributed by atoms with Gasteiger partial charge in [-0.25, -0.2) is 4.39 Å². The Balaban J connectivity index is 1.93. The quantitative estimate of drug-likeness (QED) is 0.867. The molecule has 0 unspecified atom stereocenters. The number of halogens is 1. The average Bonchev–Trinajstić information content (AvgIpc) is 2.48. The van der Waals surface area contributed by atoms with Gasteiger partial charge in [-0.1, -0.05) is 13.0 Å². The molecule has 3 nitrogen and oxygen atoms in total. The lowest BCUT2D eigenvalue weighted by Gasteiger charge is -2.29. The van der Waals surface area contributed by atoms with E-state index in [4.69, 9.17) is 4.74 Å². The first-order valence-electron chi connectivity index (χ1n) is 7.48. The molecule has 0 bridgehead atoms. The molecule has 1 fully saturated rings. The van der Waals surface area contributed by atoms with Gasteiger partial charge in [-0.05, 0) is 56.1 Å². The molecule has 20 heavy (non-hydrogen) atoms. The Morgan fingerprint density at radius 2 is 2.10 bits per heavy atom. The largest absolute Gasteiger partial charge is 0.494 e. The van der Waals surface area contributed by atoms with E-state index in [1.165, 1.54) is 20.0 Å². The number of rotatable bonds is 6. The van der Waals surface area contributed by atoms with Crippen LogP contribution in [-0.2, 0) is 6.54 Å². The van der Waals surface area contributed by atoms with Gasteiger partial charge in [-0.2, -0.15) is 0 Å². The van der Waals surface area contributed by atoms with Gasteiger partial charge >= 0.3 is 0 Å². The first kappa shape index (κ1) is 15.3. The van der Waals surface area contributed by atoms with Crippen molar-refractivity contribution in [3.05, 3.63) is 29.6 Å². The van der Waals surface area contributed by atoms with Crippen molar-refractivity contribution >= 4 is 0 Å². The van der Waals surface area contributed by atoms with Gasteiger partial charge in [0.1, 0.15) is 0 Å². The minimum Gasteiger partial charge on any atom is -0.494 e. The van der Waals surface area contributed by atoms with Gasteiger partial charge in [0.05, 0.1) is 7.11 Å². The molecule has 1 heterocycles. The Kier molecular flexibility index (Phi) is 5.80. The van der Waals surface area contributed by atoms with E-state index in [1.807, 2.05) is 6.07 Å². The molecular weight excluding hydrogens is 255 g/mol. The normalized spacial score (nSPS) is 16.6. The molecule has 2 rings (SSSR count). The van der Waals surface area contributed by atoms with E-state index in [9.17, 15) is 4.39 Å². The predicted octanol–water partition coefficient (Wildman–Crippen LogP) is 2.66. The Morgan fingerprint density at radius 3 is 2.70 bits per heavy atom. The van der Waals surface area contributed by atoms with Crippen LogP contribution in [0.5, 0.6) is 5.75 Å². The van der Waals surface area contributed by atoms with Crippen LogP contribution in [0.3, 0.4) is 0 Å². The molecule has 4 heteroatoms. The molecule has 1 N–H and O–H groups in total. The number of nitrogens with one attached hydrogen (secondary N) is 1. The number of hydrogen-bond donors (Lipinski definition) is 1. The summed E-state index contributed by atoms with van der Waals surface area (Å²) in [6.07, 6.45) is 2.49. The first-order valence-corrected chi connectivity index (χ1v) is 7.48. The molecule has 1 aliphatic heterocycles. The average molecular weight is 280 g/mol. The van der Waals surface area contributed by atoms with Crippen LogP contribution >= 0.6 is 0 Å². The van der Waals surface area contributed by atoms with Crippen LogP contribution in [0.1, 0.15) is 25.3 Å². The molecule has 0 spiro atoms. The van der Waals surface area contributed by atoms with Crippen LogP contribution < -0.4 is 10.1 Å². The molecule has 0 aliphatic carbocycles. The van der Waals surface area contributed by atoms with Crippen LogP contribution in [0.25, 0.3) is 0 Å². The summed E-state index contributed by atoms with van der Waals surface area (Å²) in [6.45, 7) is 7.32. The zero-order chi connectivity index (χ0) is 14.4. The van der Waals surface area contributed by atoms with Gasteiger partial charge in [0.15, 0.2) is 11.6 Å². The smallest absolute Gasteiger partial charge is 0.165 e. The third-order valence-corrected chi connectivity index (χ3v) is 4.04. The highest BCUT2D eigenvalue weighted by Gasteiger charge is 2.16. The topological polar surface area (TPSA) is 24.5 Å². The summed E-state index contributed by atoms with van der Waals surface area (Å²) < 4.78 is 18.7. The van der Waals surface area contributed by atoms with E-state index in [1.54, 1.807) is 12.1 Å². The fraction of sp³-hybridized carbons (Fsp3) is 0.625. The van der Waals surface area contributed by atoms with Crippen molar-refractivity contribution in [3.8, 4) is 5.75 Å². The minimum atomic E-state index is -0.275. The fourth-order valence-corrected chi connectivity index (χ4v) is 2.80. The Labute approximate surface area is 121 Å². The van der Waals surface area contributed by atoms with E-state index in [-0.39, 0.29) is 5.82 Å². The lowest BCUT2D eigenvalue weighted by atomic mass is 9.97. The summed E-state index contributed by atoms with van der Waals surface area (Å²) in [5.74, 6) is 0.803. The number of piperidine rings is 1. The second-order valence-corrected chi connectivity index (χ2v) is 5.49. The molecule has 0 aromatic heterocycles. The summed E-state index contributed by atoms with van der Waals surface area (Å²) in [4.78, 5) is 2.40. The van der Waals surface area contributed by atoms with Crippen molar-refractivity contribution in [1.82, 2.24) is 10.2 Å². The lowest BCUT2D eigenvalue weighted by molar-refractivity contribution is 0.207. The van der Waals surface area contributed by atoms with Gasteiger partial charge < -0.3 is 10.1 Å². The maximum atomic E-state index is 13.7. The fourth-order valence-electron chi connectivity index (χ4n) is 2.80. The number of methoxy groups -OCH3 is 1. The molecule has 0 amide bonds. The zero-order valence-electron chi connectivity index (χ0n) is 12.5. The second-order valence-electron chi connectivity index (χ2n) is 5.49. The third-order valence-electron chi connectivity index (χ3n) is 4.04. The zero-order valence-corrected chi connectivity index (χ0v) is 12.5. The standard InChI is InChI=1S/C16H25FN2O/c1-3-19(11-13-6-8-18-9-7-13)12-14-4-5-16(20-2)15(17)10-14/h4-5,10,13,18H,3,6-9,11-12H2,1-2H3. The van der Waals surface area contributed by atoms with Crippen molar-refractivity contribution in [2.45, 2.75) is 26.3 Å². The highest BCUT2D eigenvalue weighted by atomic mass is 19.1. The van der Waals surface area contributed by atoms with Crippen molar-refractivity contribution < 1.29 is 9.13 Å². The lowest BCUT2D eigenvalue weighted by Crippen LogP contribution is -2.35. The Morgan fingerprint density at radius 1 is 1.35 bits per heavy atom. The molecule has 1 aliphatic rings. The summed E-state index contributed by atoms with van der Waals surface area (Å²) in [5, 5.41) is 3.39. The van der Waals surface area contributed by atoms with Gasteiger partial charge in [-0.3, -0.25) is 4.90 Å². The molecule has 0 saturated carbocycles. The van der Waals surface area contributed by atoms with Crippen molar-refractivity contribution in [2.24, 2.45) is 5.92 Å². The summed E-state index contributed by atoms with van der Waals surface area (Å²) in [6, 6.07) is 5.25. The number of ether oxygens (including phenoxy) is 1. The molecular formula is C16H25FN2O. The van der Waals surface area contributed by atoms with Crippen LogP contribution in [0.2, 0.25) is 0 Å². The molecule has 1 saturated heterocycles. The highest BCUT2D eigenvalue weighted by molar-refractivity contribution is 5.29. The maximum absolute atomic E-state index is 13.7. The molecule has 0 atom stereocenters. The number of nitrogens with zero attached hydrogens (tertiary/aromatic N) is 1. The third kappa shape index (κ3) is 4.18. The van der Waals surface area contributed by atoms with E-state index in [0.717, 1.165) is 44.2 Å². The van der Waals surface area contributed by atoms with Crippen molar-refractivity contribution in [1.29, 1.82) is 0 Å². The van der Waals surface area contributed by atoms with E-state index >= 15 is 0 Å². The summed E-state index contributed by atoms with van der Waals surface area (Å²) in [5.41, 5.74) is 1.01. The van der Waals surface area contributed by atoms with Gasteiger partial charge in [-0.15, -0.1) is 0 Å². The molecule has 112 valence electrons.